The first-order valence-electron chi connectivity index (χ1n) is 7.99. The zero-order valence-corrected chi connectivity index (χ0v) is 14.0. The molecule has 1 heterocycles. The van der Waals surface area contributed by atoms with Gasteiger partial charge in [0, 0.05) is 17.9 Å². The lowest BCUT2D eigenvalue weighted by Gasteiger charge is -2.31. The normalized spacial score (nSPS) is 15.0. The maximum absolute atomic E-state index is 13.2. The van der Waals surface area contributed by atoms with E-state index in [1.54, 1.807) is 29.2 Å². The topological polar surface area (TPSA) is 26.7 Å². The molecule has 6 heteroatoms. The quantitative estimate of drug-likeness (QED) is 0.779. The Labute approximate surface area is 144 Å². The van der Waals surface area contributed by atoms with Crippen LogP contribution in [-0.2, 0) is 6.18 Å². The van der Waals surface area contributed by atoms with Crippen molar-refractivity contribution in [1.82, 2.24) is 0 Å². The van der Waals surface area contributed by atoms with Crippen LogP contribution in [0.3, 0.4) is 0 Å². The highest BCUT2D eigenvalue weighted by Crippen LogP contribution is 2.42. The van der Waals surface area contributed by atoms with E-state index in [0.29, 0.717) is 17.1 Å². The van der Waals surface area contributed by atoms with Crippen molar-refractivity contribution in [3.63, 3.8) is 0 Å². The molecule has 1 aliphatic heterocycles. The van der Waals surface area contributed by atoms with Crippen molar-refractivity contribution in [2.45, 2.75) is 26.1 Å². The minimum atomic E-state index is -4.43. The van der Waals surface area contributed by atoms with E-state index >= 15 is 0 Å². The van der Waals surface area contributed by atoms with Crippen LogP contribution in [0.2, 0.25) is 0 Å². The summed E-state index contributed by atoms with van der Waals surface area (Å²) in [6.07, 6.45) is -2.95. The van der Waals surface area contributed by atoms with E-state index in [0.717, 1.165) is 12.1 Å². The first-order valence-corrected chi connectivity index (χ1v) is 7.99. The van der Waals surface area contributed by atoms with Crippen LogP contribution in [0.15, 0.2) is 60.5 Å². The maximum Gasteiger partial charge on any atom is 0.416 e. The number of fused-ring (bicyclic) bond motifs is 1. The second-order valence-corrected chi connectivity index (χ2v) is 6.25. The van der Waals surface area contributed by atoms with Crippen LogP contribution in [0.4, 0.5) is 30.2 Å². The van der Waals surface area contributed by atoms with E-state index in [1.165, 1.54) is 12.3 Å². The minimum Gasteiger partial charge on any atom is -0.509 e. The molecule has 3 nitrogen and oxygen atoms in total. The Balaban J connectivity index is 2.23. The number of hydrogen-bond donors (Lipinski definition) is 1. The molecule has 25 heavy (non-hydrogen) atoms. The molecule has 0 amide bonds. The van der Waals surface area contributed by atoms with Crippen LogP contribution in [0.1, 0.15) is 19.4 Å². The van der Waals surface area contributed by atoms with Crippen LogP contribution in [0.5, 0.6) is 0 Å². The van der Waals surface area contributed by atoms with Crippen LogP contribution < -0.4 is 9.80 Å². The van der Waals surface area contributed by atoms with Gasteiger partial charge in [-0.2, -0.15) is 13.2 Å². The van der Waals surface area contributed by atoms with Crippen molar-refractivity contribution in [2.24, 2.45) is 0 Å². The smallest absolute Gasteiger partial charge is 0.416 e. The van der Waals surface area contributed by atoms with Gasteiger partial charge in [0.1, 0.15) is 5.76 Å². The van der Waals surface area contributed by atoms with Crippen LogP contribution in [0, 0.1) is 0 Å². The molecule has 0 fully saturated rings. The first-order chi connectivity index (χ1) is 11.8. The molecule has 1 aliphatic rings. The second kappa shape index (κ2) is 6.35. The molecule has 0 atom stereocenters. The Morgan fingerprint density at radius 3 is 2.28 bits per heavy atom. The van der Waals surface area contributed by atoms with Crippen molar-refractivity contribution < 1.29 is 18.3 Å². The van der Waals surface area contributed by atoms with Gasteiger partial charge in [0.2, 0.25) is 0 Å². The van der Waals surface area contributed by atoms with Gasteiger partial charge in [0.15, 0.2) is 0 Å². The summed E-state index contributed by atoms with van der Waals surface area (Å²) in [6, 6.07) is 12.7. The lowest BCUT2D eigenvalue weighted by atomic mass is 10.1. The summed E-state index contributed by atoms with van der Waals surface area (Å²) in [4.78, 5) is 3.48. The molecule has 0 bridgehead atoms. The zero-order valence-electron chi connectivity index (χ0n) is 14.0. The van der Waals surface area contributed by atoms with Gasteiger partial charge in [-0.15, -0.1) is 0 Å². The van der Waals surface area contributed by atoms with Gasteiger partial charge in [0.05, 0.1) is 23.5 Å². The van der Waals surface area contributed by atoms with Crippen LogP contribution in [-0.4, -0.2) is 17.7 Å². The minimum absolute atomic E-state index is 0.0155. The van der Waals surface area contributed by atoms with E-state index in [4.69, 9.17) is 0 Å². The molecule has 0 radical (unpaired) electrons. The number of alkyl halides is 3. The average Bonchev–Trinajstić information content (AvgIpc) is 2.71. The van der Waals surface area contributed by atoms with Crippen molar-refractivity contribution in [2.75, 3.05) is 16.3 Å². The molecule has 3 rings (SSSR count). The summed E-state index contributed by atoms with van der Waals surface area (Å²) < 4.78 is 39.7. The Hall–Kier alpha value is -2.63. The highest BCUT2D eigenvalue weighted by molar-refractivity contribution is 5.81. The fourth-order valence-corrected chi connectivity index (χ4v) is 2.92. The predicted octanol–water partition coefficient (Wildman–Crippen LogP) is 5.47. The van der Waals surface area contributed by atoms with E-state index in [1.807, 2.05) is 24.8 Å². The summed E-state index contributed by atoms with van der Waals surface area (Å²) in [5.41, 5.74) is 0.997. The van der Waals surface area contributed by atoms with Gasteiger partial charge in [0.25, 0.3) is 0 Å². The molecule has 132 valence electrons. The number of aliphatic hydroxyl groups excluding tert-OH is 1. The summed E-state index contributed by atoms with van der Waals surface area (Å²) in [6.45, 7) is 4.11. The summed E-state index contributed by atoms with van der Waals surface area (Å²) in [5, 5.41) is 10.3. The standard InChI is InChI=1S/C19H19F3N2O/c1-13(2)23-11-16(25)12-24(15-6-4-3-5-7-15)18-10-14(19(20,21)22)8-9-17(18)23/h3-10,12-13,25H,11H2,1-2H3. The predicted molar refractivity (Wildman–Crippen MR) is 93.2 cm³/mol. The molecule has 2 aromatic carbocycles. The molecule has 0 unspecified atom stereocenters. The average molecular weight is 348 g/mol. The van der Waals surface area contributed by atoms with Gasteiger partial charge >= 0.3 is 6.18 Å². The highest BCUT2D eigenvalue weighted by atomic mass is 19.4. The number of aliphatic hydroxyl groups is 1. The molecular weight excluding hydrogens is 329 g/mol. The van der Waals surface area contributed by atoms with E-state index in [2.05, 4.69) is 0 Å². The number of hydrogen-bond acceptors (Lipinski definition) is 3. The Morgan fingerprint density at radius 1 is 1.00 bits per heavy atom. The molecule has 0 saturated heterocycles. The fraction of sp³-hybridized carbons (Fsp3) is 0.263. The molecule has 2 aromatic rings. The van der Waals surface area contributed by atoms with Gasteiger partial charge in [-0.25, -0.2) is 0 Å². The Bertz CT molecular complexity index is 785. The molecule has 0 spiro atoms. The largest absolute Gasteiger partial charge is 0.509 e. The summed E-state index contributed by atoms with van der Waals surface area (Å²) >= 11 is 0. The number of rotatable bonds is 2. The maximum atomic E-state index is 13.2. The molecule has 1 N–H and O–H groups in total. The van der Waals surface area contributed by atoms with E-state index in [-0.39, 0.29) is 18.3 Å². The van der Waals surface area contributed by atoms with Gasteiger partial charge in [-0.05, 0) is 44.2 Å². The second-order valence-electron chi connectivity index (χ2n) is 6.25. The van der Waals surface area contributed by atoms with Crippen molar-refractivity contribution in [3.8, 4) is 0 Å². The van der Waals surface area contributed by atoms with Crippen LogP contribution >= 0.6 is 0 Å². The third-order valence-corrected chi connectivity index (χ3v) is 4.14. The van der Waals surface area contributed by atoms with E-state index in [9.17, 15) is 18.3 Å². The number of benzene rings is 2. The third kappa shape index (κ3) is 3.43. The third-order valence-electron chi connectivity index (χ3n) is 4.14. The van der Waals surface area contributed by atoms with Crippen molar-refractivity contribution in [1.29, 1.82) is 0 Å². The highest BCUT2D eigenvalue weighted by Gasteiger charge is 2.33. The van der Waals surface area contributed by atoms with Gasteiger partial charge in [-0.1, -0.05) is 18.2 Å². The summed E-state index contributed by atoms with van der Waals surface area (Å²) in [7, 11) is 0. The molecule has 0 aromatic heterocycles. The zero-order chi connectivity index (χ0) is 18.2. The lowest BCUT2D eigenvalue weighted by molar-refractivity contribution is -0.137. The van der Waals surface area contributed by atoms with Crippen LogP contribution in [0.25, 0.3) is 0 Å². The first kappa shape index (κ1) is 17.2. The number of halogens is 3. The number of nitrogens with zero attached hydrogens (tertiary/aromatic N) is 2. The van der Waals surface area contributed by atoms with E-state index < -0.39 is 11.7 Å². The van der Waals surface area contributed by atoms with Gasteiger partial charge in [-0.3, -0.25) is 0 Å². The SMILES string of the molecule is CC(C)N1CC(O)=CN(c2ccccc2)c2cc(C(F)(F)F)ccc21. The molecule has 0 saturated carbocycles. The lowest BCUT2D eigenvalue weighted by Crippen LogP contribution is -2.32. The summed E-state index contributed by atoms with van der Waals surface area (Å²) in [5.74, 6) is 0.0855. The number of anilines is 3. The van der Waals surface area contributed by atoms with Crippen molar-refractivity contribution in [3.05, 3.63) is 66.1 Å². The monoisotopic (exact) mass is 348 g/mol. The Morgan fingerprint density at radius 2 is 1.68 bits per heavy atom. The van der Waals surface area contributed by atoms with Crippen molar-refractivity contribution >= 4 is 17.1 Å². The van der Waals surface area contributed by atoms with Gasteiger partial charge < -0.3 is 14.9 Å². The number of para-hydroxylation sites is 1. The fourth-order valence-electron chi connectivity index (χ4n) is 2.92. The molecule has 0 aliphatic carbocycles. The Kier molecular flexibility index (Phi) is 4.37. The molecular formula is C19H19F3N2O.